The molecule has 0 atom stereocenters. The molecule has 0 aliphatic carbocycles. The topological polar surface area (TPSA) is 24.9 Å². The quantitative estimate of drug-likeness (QED) is 0.708. The van der Waals surface area contributed by atoms with Crippen LogP contribution in [0.2, 0.25) is 0 Å². The highest BCUT2D eigenvalue weighted by Gasteiger charge is 2.01. The van der Waals surface area contributed by atoms with Gasteiger partial charge in [0.15, 0.2) is 0 Å². The number of benzene rings is 2. The van der Waals surface area contributed by atoms with Crippen molar-refractivity contribution >= 4 is 28.2 Å². The number of hydrogen-bond donors (Lipinski definition) is 1. The van der Waals surface area contributed by atoms with Crippen LogP contribution in [0.15, 0.2) is 60.8 Å². The van der Waals surface area contributed by atoms with Crippen LogP contribution in [0, 0.1) is 0 Å². The number of para-hydroxylation sites is 1. The molecule has 0 amide bonds. The number of halogens is 1. The van der Waals surface area contributed by atoms with Crippen molar-refractivity contribution in [2.24, 2.45) is 0 Å². The van der Waals surface area contributed by atoms with Gasteiger partial charge in [-0.25, -0.2) is 0 Å². The molecular formula is C17H15ClN2. The molecule has 3 rings (SSSR count). The summed E-state index contributed by atoms with van der Waals surface area (Å²) in [5.74, 6) is 0.549. The van der Waals surface area contributed by atoms with E-state index < -0.39 is 0 Å². The Kier molecular flexibility index (Phi) is 3.84. The van der Waals surface area contributed by atoms with Gasteiger partial charge in [0.05, 0.1) is 5.52 Å². The highest BCUT2D eigenvalue weighted by molar-refractivity contribution is 6.17. The summed E-state index contributed by atoms with van der Waals surface area (Å²) in [5.41, 5.74) is 4.47. The summed E-state index contributed by atoms with van der Waals surface area (Å²) in [6.45, 7) is 0.759. The first-order chi connectivity index (χ1) is 9.86. The van der Waals surface area contributed by atoms with E-state index in [2.05, 4.69) is 46.7 Å². The Morgan fingerprint density at radius 1 is 0.950 bits per heavy atom. The molecule has 2 aromatic carbocycles. The fourth-order valence-electron chi connectivity index (χ4n) is 2.22. The molecule has 100 valence electrons. The average Bonchev–Trinajstić information content (AvgIpc) is 2.53. The lowest BCUT2D eigenvalue weighted by atomic mass is 10.1. The van der Waals surface area contributed by atoms with Crippen LogP contribution in [-0.4, -0.2) is 4.98 Å². The highest BCUT2D eigenvalue weighted by Crippen LogP contribution is 2.18. The summed E-state index contributed by atoms with van der Waals surface area (Å²) in [5, 5.41) is 4.59. The van der Waals surface area contributed by atoms with Gasteiger partial charge in [-0.3, -0.25) is 4.98 Å². The lowest BCUT2D eigenvalue weighted by molar-refractivity contribution is 1.15. The van der Waals surface area contributed by atoms with Crippen LogP contribution >= 0.6 is 11.6 Å². The smallest absolute Gasteiger partial charge is 0.0751 e. The molecule has 0 bridgehead atoms. The Bertz CT molecular complexity index is 702. The SMILES string of the molecule is ClCc1ccc(NCc2cccc3cccnc23)cc1. The first-order valence-electron chi connectivity index (χ1n) is 6.58. The fourth-order valence-corrected chi connectivity index (χ4v) is 2.40. The van der Waals surface area contributed by atoms with Crippen LogP contribution in [0.4, 0.5) is 5.69 Å². The van der Waals surface area contributed by atoms with Gasteiger partial charge in [-0.2, -0.15) is 0 Å². The number of hydrogen-bond acceptors (Lipinski definition) is 2. The summed E-state index contributed by atoms with van der Waals surface area (Å²) in [6, 6.07) is 18.5. The molecule has 0 saturated carbocycles. The lowest BCUT2D eigenvalue weighted by Gasteiger charge is -2.09. The Balaban J connectivity index is 1.79. The number of anilines is 1. The molecule has 0 radical (unpaired) electrons. The summed E-state index contributed by atoms with van der Waals surface area (Å²) in [4.78, 5) is 4.46. The van der Waals surface area contributed by atoms with Gasteiger partial charge >= 0.3 is 0 Å². The number of rotatable bonds is 4. The molecular weight excluding hydrogens is 268 g/mol. The molecule has 1 heterocycles. The van der Waals surface area contributed by atoms with Crippen molar-refractivity contribution in [2.45, 2.75) is 12.4 Å². The van der Waals surface area contributed by atoms with Gasteiger partial charge in [0.2, 0.25) is 0 Å². The number of nitrogens with zero attached hydrogens (tertiary/aromatic N) is 1. The molecule has 2 nitrogen and oxygen atoms in total. The van der Waals surface area contributed by atoms with Crippen molar-refractivity contribution in [1.82, 2.24) is 4.98 Å². The highest BCUT2D eigenvalue weighted by atomic mass is 35.5. The molecule has 0 spiro atoms. The van der Waals surface area contributed by atoms with E-state index >= 15 is 0 Å². The van der Waals surface area contributed by atoms with Crippen LogP contribution < -0.4 is 5.32 Å². The van der Waals surface area contributed by atoms with E-state index in [1.54, 1.807) is 0 Å². The maximum absolute atomic E-state index is 5.79. The minimum Gasteiger partial charge on any atom is -0.381 e. The third-order valence-corrected chi connectivity index (χ3v) is 3.62. The zero-order valence-corrected chi connectivity index (χ0v) is 11.8. The van der Waals surface area contributed by atoms with E-state index in [1.807, 2.05) is 24.4 Å². The van der Waals surface area contributed by atoms with Crippen LogP contribution in [0.1, 0.15) is 11.1 Å². The van der Waals surface area contributed by atoms with Crippen molar-refractivity contribution in [3.8, 4) is 0 Å². The molecule has 0 saturated heterocycles. The van der Waals surface area contributed by atoms with Gasteiger partial charge in [-0.1, -0.05) is 36.4 Å². The van der Waals surface area contributed by atoms with Crippen LogP contribution in [0.25, 0.3) is 10.9 Å². The minimum atomic E-state index is 0.549. The predicted octanol–water partition coefficient (Wildman–Crippen LogP) is 4.59. The Morgan fingerprint density at radius 3 is 2.55 bits per heavy atom. The Labute approximate surface area is 123 Å². The van der Waals surface area contributed by atoms with Crippen molar-refractivity contribution < 1.29 is 0 Å². The van der Waals surface area contributed by atoms with Crippen molar-refractivity contribution in [3.63, 3.8) is 0 Å². The van der Waals surface area contributed by atoms with Gasteiger partial charge < -0.3 is 5.32 Å². The maximum atomic E-state index is 5.79. The van der Waals surface area contributed by atoms with Gasteiger partial charge in [-0.15, -0.1) is 11.6 Å². The van der Waals surface area contributed by atoms with Crippen LogP contribution in [-0.2, 0) is 12.4 Å². The maximum Gasteiger partial charge on any atom is 0.0751 e. The summed E-state index contributed by atoms with van der Waals surface area (Å²) >= 11 is 5.79. The van der Waals surface area contributed by atoms with E-state index in [0.717, 1.165) is 23.3 Å². The first kappa shape index (κ1) is 12.9. The average molecular weight is 283 g/mol. The minimum absolute atomic E-state index is 0.549. The second-order valence-electron chi connectivity index (χ2n) is 4.68. The van der Waals surface area contributed by atoms with E-state index in [1.165, 1.54) is 10.9 Å². The predicted molar refractivity (Wildman–Crippen MR) is 85.1 cm³/mol. The fraction of sp³-hybridized carbons (Fsp3) is 0.118. The third kappa shape index (κ3) is 2.75. The van der Waals surface area contributed by atoms with Gasteiger partial charge in [0, 0.05) is 29.7 Å². The number of pyridine rings is 1. The molecule has 3 heteroatoms. The van der Waals surface area contributed by atoms with Gasteiger partial charge in [-0.05, 0) is 29.3 Å². The molecule has 1 N–H and O–H groups in total. The second-order valence-corrected chi connectivity index (χ2v) is 4.94. The number of alkyl halides is 1. The zero-order valence-electron chi connectivity index (χ0n) is 11.0. The summed E-state index contributed by atoms with van der Waals surface area (Å²) in [6.07, 6.45) is 1.83. The first-order valence-corrected chi connectivity index (χ1v) is 7.11. The summed E-state index contributed by atoms with van der Waals surface area (Å²) < 4.78 is 0. The monoisotopic (exact) mass is 282 g/mol. The largest absolute Gasteiger partial charge is 0.381 e. The van der Waals surface area contributed by atoms with E-state index in [9.17, 15) is 0 Å². The molecule has 0 aliphatic heterocycles. The van der Waals surface area contributed by atoms with Crippen LogP contribution in [0.5, 0.6) is 0 Å². The zero-order chi connectivity index (χ0) is 13.8. The molecule has 20 heavy (non-hydrogen) atoms. The lowest BCUT2D eigenvalue weighted by Crippen LogP contribution is -2.00. The standard InChI is InChI=1S/C17H15ClN2/c18-11-13-6-8-16(9-7-13)20-12-15-4-1-3-14-5-2-10-19-17(14)15/h1-10,20H,11-12H2. The molecule has 1 aromatic heterocycles. The van der Waals surface area contributed by atoms with E-state index in [-0.39, 0.29) is 0 Å². The number of nitrogens with one attached hydrogen (secondary N) is 1. The Hall–Kier alpha value is -2.06. The Morgan fingerprint density at radius 2 is 1.75 bits per heavy atom. The van der Waals surface area contributed by atoms with Crippen LogP contribution in [0.3, 0.4) is 0 Å². The molecule has 0 fully saturated rings. The van der Waals surface area contributed by atoms with Gasteiger partial charge in [0.1, 0.15) is 0 Å². The second kappa shape index (κ2) is 5.93. The molecule has 3 aromatic rings. The number of aromatic nitrogens is 1. The van der Waals surface area contributed by atoms with E-state index in [0.29, 0.717) is 5.88 Å². The molecule has 0 aliphatic rings. The van der Waals surface area contributed by atoms with Crippen molar-refractivity contribution in [3.05, 3.63) is 71.9 Å². The summed E-state index contributed by atoms with van der Waals surface area (Å²) in [7, 11) is 0. The van der Waals surface area contributed by atoms with Crippen molar-refractivity contribution in [1.29, 1.82) is 0 Å². The van der Waals surface area contributed by atoms with Gasteiger partial charge in [0.25, 0.3) is 0 Å². The molecule has 0 unspecified atom stereocenters. The van der Waals surface area contributed by atoms with E-state index in [4.69, 9.17) is 11.6 Å². The van der Waals surface area contributed by atoms with Crippen molar-refractivity contribution in [2.75, 3.05) is 5.32 Å². The normalized spacial score (nSPS) is 10.7. The number of fused-ring (bicyclic) bond motifs is 1. The third-order valence-electron chi connectivity index (χ3n) is 3.31.